The molecule has 0 saturated heterocycles. The molecule has 0 spiro atoms. The summed E-state index contributed by atoms with van der Waals surface area (Å²) in [5.41, 5.74) is -5.92. The van der Waals surface area contributed by atoms with Gasteiger partial charge in [0.2, 0.25) is 0 Å². The van der Waals surface area contributed by atoms with Gasteiger partial charge in [-0.15, -0.1) is 0 Å². The van der Waals surface area contributed by atoms with E-state index < -0.39 is 27.2 Å². The molecule has 21 heavy (non-hydrogen) atoms. The Balaban J connectivity index is 2.62. The second-order valence-corrected chi connectivity index (χ2v) is 5.44. The number of halogens is 4. The van der Waals surface area contributed by atoms with Gasteiger partial charge >= 0.3 is 15.6 Å². The van der Waals surface area contributed by atoms with Crippen LogP contribution in [0, 0.1) is 17.1 Å². The molecule has 0 unspecified atom stereocenters. The molecule has 0 bridgehead atoms. The highest BCUT2D eigenvalue weighted by Crippen LogP contribution is 2.32. The Hall–Kier alpha value is -2.34. The molecule has 0 aliphatic rings. The molecule has 0 amide bonds. The smallest absolute Gasteiger partial charge is 0.375 e. The molecule has 4 nitrogen and oxygen atoms in total. The summed E-state index contributed by atoms with van der Waals surface area (Å²) in [6.07, 6.45) is 0. The molecular formula is C12H5F4NO3S. The van der Waals surface area contributed by atoms with Crippen LogP contribution in [0.3, 0.4) is 0 Å². The molecule has 0 atom stereocenters. The number of nitrogens with zero attached hydrogens (tertiary/aromatic N) is 1. The second kappa shape index (κ2) is 4.89. The predicted molar refractivity (Wildman–Crippen MR) is 64.2 cm³/mol. The van der Waals surface area contributed by atoms with Gasteiger partial charge in [-0.25, -0.2) is 4.39 Å². The van der Waals surface area contributed by atoms with Crippen molar-refractivity contribution in [1.82, 2.24) is 0 Å². The lowest BCUT2D eigenvalue weighted by atomic mass is 10.1. The van der Waals surface area contributed by atoms with Crippen LogP contribution >= 0.6 is 0 Å². The van der Waals surface area contributed by atoms with Crippen molar-refractivity contribution < 1.29 is 30.2 Å². The first-order valence-corrected chi connectivity index (χ1v) is 6.69. The van der Waals surface area contributed by atoms with Crippen LogP contribution in [-0.4, -0.2) is 13.9 Å². The van der Waals surface area contributed by atoms with Crippen LogP contribution in [0.2, 0.25) is 0 Å². The second-order valence-electron chi connectivity index (χ2n) is 3.90. The molecule has 2 aromatic carbocycles. The predicted octanol–water partition coefficient (Wildman–Crippen LogP) is 3.08. The zero-order valence-electron chi connectivity index (χ0n) is 9.98. The number of rotatable bonds is 2. The molecule has 2 rings (SSSR count). The number of alkyl halides is 3. The summed E-state index contributed by atoms with van der Waals surface area (Å²) in [5, 5.41) is 8.65. The van der Waals surface area contributed by atoms with Gasteiger partial charge in [0.1, 0.15) is 11.9 Å². The molecule has 0 saturated carbocycles. The first-order chi connectivity index (χ1) is 9.65. The summed E-state index contributed by atoms with van der Waals surface area (Å²) >= 11 is 0. The van der Waals surface area contributed by atoms with Gasteiger partial charge in [-0.05, 0) is 23.6 Å². The monoisotopic (exact) mass is 319 g/mol. The molecule has 0 N–H and O–H groups in total. The maximum Gasteiger partial charge on any atom is 0.534 e. The SMILES string of the molecule is N#Cc1cc2cccc(OS(=O)(=O)C(F)(F)F)c2cc1F. The van der Waals surface area contributed by atoms with Crippen LogP contribution in [0.4, 0.5) is 17.6 Å². The van der Waals surface area contributed by atoms with Gasteiger partial charge in [0.25, 0.3) is 0 Å². The fourth-order valence-electron chi connectivity index (χ4n) is 1.59. The van der Waals surface area contributed by atoms with Crippen LogP contribution in [0.5, 0.6) is 5.75 Å². The Morgan fingerprint density at radius 2 is 1.86 bits per heavy atom. The van der Waals surface area contributed by atoms with Crippen molar-refractivity contribution in [3.8, 4) is 11.8 Å². The Morgan fingerprint density at radius 3 is 2.43 bits per heavy atom. The zero-order valence-corrected chi connectivity index (χ0v) is 10.8. The van der Waals surface area contributed by atoms with E-state index in [0.29, 0.717) is 0 Å². The minimum Gasteiger partial charge on any atom is -0.375 e. The summed E-state index contributed by atoms with van der Waals surface area (Å²) in [6, 6.07) is 6.95. The van der Waals surface area contributed by atoms with E-state index in [1.807, 2.05) is 0 Å². The van der Waals surface area contributed by atoms with E-state index in [2.05, 4.69) is 4.18 Å². The molecular weight excluding hydrogens is 314 g/mol. The average Bonchev–Trinajstić information content (AvgIpc) is 2.37. The summed E-state index contributed by atoms with van der Waals surface area (Å²) in [5.74, 6) is -1.67. The third-order valence-electron chi connectivity index (χ3n) is 2.53. The van der Waals surface area contributed by atoms with Crippen LogP contribution in [0.25, 0.3) is 10.8 Å². The lowest BCUT2D eigenvalue weighted by Gasteiger charge is -2.11. The highest BCUT2D eigenvalue weighted by molar-refractivity contribution is 7.88. The number of fused-ring (bicyclic) bond motifs is 1. The highest BCUT2D eigenvalue weighted by atomic mass is 32.2. The van der Waals surface area contributed by atoms with Crippen molar-refractivity contribution in [2.24, 2.45) is 0 Å². The Kier molecular flexibility index (Phi) is 3.51. The lowest BCUT2D eigenvalue weighted by molar-refractivity contribution is -0.0499. The molecule has 0 aliphatic heterocycles. The number of hydrogen-bond acceptors (Lipinski definition) is 4. The normalized spacial score (nSPS) is 12.1. The maximum atomic E-state index is 13.5. The molecule has 0 heterocycles. The van der Waals surface area contributed by atoms with Gasteiger partial charge in [-0.3, -0.25) is 0 Å². The van der Waals surface area contributed by atoms with E-state index in [1.165, 1.54) is 12.1 Å². The van der Waals surface area contributed by atoms with Gasteiger partial charge in [0, 0.05) is 5.39 Å². The fourth-order valence-corrected chi connectivity index (χ4v) is 2.07. The van der Waals surface area contributed by atoms with Crippen molar-refractivity contribution in [3.63, 3.8) is 0 Å². The van der Waals surface area contributed by atoms with Crippen molar-refractivity contribution >= 4 is 20.9 Å². The van der Waals surface area contributed by atoms with Crippen LogP contribution < -0.4 is 4.18 Å². The standard InChI is InChI=1S/C12H5F4NO3S/c13-10-5-9-7(4-8(10)6-17)2-1-3-11(9)20-21(18,19)12(14,15)16/h1-5H. The molecule has 9 heteroatoms. The van der Waals surface area contributed by atoms with Gasteiger partial charge in [0.05, 0.1) is 5.56 Å². The van der Waals surface area contributed by atoms with E-state index in [-0.39, 0.29) is 16.3 Å². The number of benzene rings is 2. The van der Waals surface area contributed by atoms with E-state index in [0.717, 1.165) is 18.2 Å². The largest absolute Gasteiger partial charge is 0.534 e. The lowest BCUT2D eigenvalue weighted by Crippen LogP contribution is -2.28. The minimum atomic E-state index is -5.86. The minimum absolute atomic E-state index is 0.169. The number of nitriles is 1. The van der Waals surface area contributed by atoms with Crippen molar-refractivity contribution in [2.45, 2.75) is 5.51 Å². The molecule has 0 aliphatic carbocycles. The van der Waals surface area contributed by atoms with E-state index in [1.54, 1.807) is 6.07 Å². The van der Waals surface area contributed by atoms with Crippen LogP contribution in [0.1, 0.15) is 5.56 Å². The van der Waals surface area contributed by atoms with Crippen molar-refractivity contribution in [2.75, 3.05) is 0 Å². The topological polar surface area (TPSA) is 67.2 Å². The Morgan fingerprint density at radius 1 is 1.19 bits per heavy atom. The van der Waals surface area contributed by atoms with E-state index in [4.69, 9.17) is 5.26 Å². The average molecular weight is 319 g/mol. The molecule has 0 fully saturated rings. The van der Waals surface area contributed by atoms with Crippen molar-refractivity contribution in [1.29, 1.82) is 5.26 Å². The third kappa shape index (κ3) is 2.75. The quantitative estimate of drug-likeness (QED) is 0.485. The molecule has 0 aromatic heterocycles. The van der Waals surface area contributed by atoms with Crippen molar-refractivity contribution in [3.05, 3.63) is 41.7 Å². The van der Waals surface area contributed by atoms with Gasteiger partial charge in [-0.1, -0.05) is 12.1 Å². The summed E-state index contributed by atoms with van der Waals surface area (Å²) in [7, 11) is -5.86. The van der Waals surface area contributed by atoms with Gasteiger partial charge in [-0.2, -0.15) is 26.9 Å². The van der Waals surface area contributed by atoms with E-state index in [9.17, 15) is 26.0 Å². The highest BCUT2D eigenvalue weighted by Gasteiger charge is 2.48. The van der Waals surface area contributed by atoms with Gasteiger partial charge in [0.15, 0.2) is 5.75 Å². The summed E-state index contributed by atoms with van der Waals surface area (Å²) in [4.78, 5) is 0. The molecule has 0 radical (unpaired) electrons. The van der Waals surface area contributed by atoms with E-state index >= 15 is 0 Å². The van der Waals surface area contributed by atoms with Crippen LogP contribution in [0.15, 0.2) is 30.3 Å². The maximum absolute atomic E-state index is 13.5. The Labute approximate surface area is 116 Å². The Bertz CT molecular complexity index is 853. The fraction of sp³-hybridized carbons (Fsp3) is 0.0833. The number of hydrogen-bond donors (Lipinski definition) is 0. The summed E-state index contributed by atoms with van der Waals surface area (Å²) in [6.45, 7) is 0. The van der Waals surface area contributed by atoms with Crippen LogP contribution in [-0.2, 0) is 10.1 Å². The third-order valence-corrected chi connectivity index (χ3v) is 3.50. The first-order valence-electron chi connectivity index (χ1n) is 5.29. The molecule has 2 aromatic rings. The first kappa shape index (κ1) is 15.1. The summed E-state index contributed by atoms with van der Waals surface area (Å²) < 4.78 is 76.3. The zero-order chi connectivity index (χ0) is 15.8. The van der Waals surface area contributed by atoms with Gasteiger partial charge < -0.3 is 4.18 Å². The molecule has 110 valence electrons.